The highest BCUT2D eigenvalue weighted by Gasteiger charge is 2.47. The summed E-state index contributed by atoms with van der Waals surface area (Å²) in [5, 5.41) is 2.80. The van der Waals surface area contributed by atoms with Gasteiger partial charge in [0.25, 0.3) is 0 Å². The maximum absolute atomic E-state index is 14.1. The van der Waals surface area contributed by atoms with Crippen LogP contribution < -0.4 is 10.2 Å². The molecule has 39 heavy (non-hydrogen) atoms. The van der Waals surface area contributed by atoms with Crippen LogP contribution in [0, 0.1) is 5.92 Å². The van der Waals surface area contributed by atoms with E-state index in [1.54, 1.807) is 7.05 Å². The zero-order valence-corrected chi connectivity index (χ0v) is 23.6. The second kappa shape index (κ2) is 11.5. The number of anilines is 1. The lowest BCUT2D eigenvalue weighted by atomic mass is 9.86. The van der Waals surface area contributed by atoms with Gasteiger partial charge in [0.1, 0.15) is 0 Å². The summed E-state index contributed by atoms with van der Waals surface area (Å²) < 4.78 is 0. The van der Waals surface area contributed by atoms with Gasteiger partial charge >= 0.3 is 0 Å². The number of nitrogens with zero attached hydrogens (tertiary/aromatic N) is 3. The molecule has 2 aromatic rings. The van der Waals surface area contributed by atoms with Crippen molar-refractivity contribution in [3.8, 4) is 0 Å². The summed E-state index contributed by atoms with van der Waals surface area (Å²) >= 11 is 0. The quantitative estimate of drug-likeness (QED) is 0.592. The largest absolute Gasteiger partial charge is 0.359 e. The van der Waals surface area contributed by atoms with Gasteiger partial charge in [-0.25, -0.2) is 0 Å². The van der Waals surface area contributed by atoms with Crippen molar-refractivity contribution in [2.45, 2.75) is 69.9 Å². The zero-order chi connectivity index (χ0) is 27.6. The number of likely N-dealkylation sites (tertiary alicyclic amines) is 2. The van der Waals surface area contributed by atoms with E-state index < -0.39 is 5.41 Å². The van der Waals surface area contributed by atoms with Crippen molar-refractivity contribution in [1.29, 1.82) is 0 Å². The van der Waals surface area contributed by atoms with E-state index in [1.807, 2.05) is 54.0 Å². The van der Waals surface area contributed by atoms with Gasteiger partial charge in [0.05, 0.1) is 17.4 Å². The number of carbonyl (C=O) groups excluding carboxylic acids is 3. The van der Waals surface area contributed by atoms with Gasteiger partial charge in [-0.05, 0) is 76.1 Å². The number of piperidine rings is 2. The molecule has 7 heteroatoms. The van der Waals surface area contributed by atoms with E-state index in [0.717, 1.165) is 56.3 Å². The third-order valence-corrected chi connectivity index (χ3v) is 9.08. The van der Waals surface area contributed by atoms with Crippen LogP contribution >= 0.6 is 0 Å². The number of carbonyl (C=O) groups is 3. The van der Waals surface area contributed by atoms with E-state index in [1.165, 1.54) is 5.56 Å². The first-order chi connectivity index (χ1) is 18.8. The highest BCUT2D eigenvalue weighted by Crippen LogP contribution is 2.43. The smallest absolute Gasteiger partial charge is 0.239 e. The molecule has 208 valence electrons. The number of fused-ring (bicyclic) bond motifs is 1. The Morgan fingerprint density at radius 3 is 2.38 bits per heavy atom. The van der Waals surface area contributed by atoms with Crippen molar-refractivity contribution in [3.05, 3.63) is 65.7 Å². The van der Waals surface area contributed by atoms with E-state index in [9.17, 15) is 14.4 Å². The normalized spacial score (nSPS) is 22.4. The third-order valence-electron chi connectivity index (χ3n) is 9.08. The van der Waals surface area contributed by atoms with Crippen LogP contribution in [-0.2, 0) is 26.2 Å². The molecule has 3 aliphatic heterocycles. The number of aryl methyl sites for hydroxylation is 1. The molecule has 7 nitrogen and oxygen atoms in total. The van der Waals surface area contributed by atoms with Crippen LogP contribution in [0.15, 0.2) is 54.6 Å². The lowest BCUT2D eigenvalue weighted by Gasteiger charge is -2.42. The molecule has 0 radical (unpaired) electrons. The minimum Gasteiger partial charge on any atom is -0.359 e. The van der Waals surface area contributed by atoms with E-state index in [4.69, 9.17) is 0 Å². The molecule has 3 heterocycles. The number of para-hydroxylation sites is 1. The summed E-state index contributed by atoms with van der Waals surface area (Å²) in [4.78, 5) is 46.2. The number of hydrogen-bond acceptors (Lipinski definition) is 4. The molecular formula is C32H42N4O3. The molecule has 5 rings (SSSR count). The summed E-state index contributed by atoms with van der Waals surface area (Å²) in [5.74, 6) is 0.303. The molecule has 2 atom stereocenters. The average molecular weight is 531 g/mol. The molecule has 2 saturated heterocycles. The molecule has 0 aliphatic carbocycles. The summed E-state index contributed by atoms with van der Waals surface area (Å²) in [7, 11) is 1.69. The van der Waals surface area contributed by atoms with Crippen molar-refractivity contribution in [2.24, 2.45) is 5.92 Å². The third kappa shape index (κ3) is 5.46. The van der Waals surface area contributed by atoms with E-state index in [0.29, 0.717) is 19.6 Å². The second-order valence-electron chi connectivity index (χ2n) is 11.9. The van der Waals surface area contributed by atoms with Crippen LogP contribution in [-0.4, -0.2) is 72.8 Å². The molecule has 0 aromatic heterocycles. The maximum Gasteiger partial charge on any atom is 0.239 e. The molecule has 2 fully saturated rings. The SMILES string of the molecule is CNC(=O)C1CCCN([C@@H](CCc2ccccc2)C(=O)N2CCC(N3C(=O)C(C)(C)c4ccccc43)CC2)C1. The maximum atomic E-state index is 14.1. The summed E-state index contributed by atoms with van der Waals surface area (Å²) in [6, 6.07) is 18.3. The standard InChI is InChI=1S/C32H42N4O3/c1-32(2)26-13-7-8-14-27(26)36(31(32)39)25-17-20-34(21-18-25)30(38)28(16-15-23-10-5-4-6-11-23)35-19-9-12-24(22-35)29(37)33-3/h4-8,10-11,13-14,24-25,28H,9,12,15-22H2,1-3H3,(H,33,37)/t24?,28-/m0/s1. The number of rotatable bonds is 7. The molecule has 3 aliphatic rings. The molecule has 1 unspecified atom stereocenters. The molecule has 0 bridgehead atoms. The zero-order valence-electron chi connectivity index (χ0n) is 23.6. The Hall–Kier alpha value is -3.19. The van der Waals surface area contributed by atoms with Crippen molar-refractivity contribution in [2.75, 3.05) is 38.1 Å². The molecule has 2 aromatic carbocycles. The summed E-state index contributed by atoms with van der Waals surface area (Å²) in [5.41, 5.74) is 2.81. The predicted octanol–water partition coefficient (Wildman–Crippen LogP) is 3.76. The fourth-order valence-electron chi connectivity index (χ4n) is 6.77. The van der Waals surface area contributed by atoms with Crippen LogP contribution in [0.25, 0.3) is 0 Å². The van der Waals surface area contributed by atoms with Gasteiger partial charge in [0.15, 0.2) is 0 Å². The number of amides is 3. The van der Waals surface area contributed by atoms with Crippen LogP contribution in [0.1, 0.15) is 57.1 Å². The lowest BCUT2D eigenvalue weighted by molar-refractivity contribution is -0.140. The van der Waals surface area contributed by atoms with Gasteiger partial charge in [-0.15, -0.1) is 0 Å². The monoisotopic (exact) mass is 530 g/mol. The fraction of sp³-hybridized carbons (Fsp3) is 0.531. The fourth-order valence-corrected chi connectivity index (χ4v) is 6.77. The van der Waals surface area contributed by atoms with E-state index in [2.05, 4.69) is 34.5 Å². The Balaban J connectivity index is 1.29. The highest BCUT2D eigenvalue weighted by molar-refractivity contribution is 6.08. The van der Waals surface area contributed by atoms with Crippen LogP contribution in [0.2, 0.25) is 0 Å². The van der Waals surface area contributed by atoms with Gasteiger partial charge in [0.2, 0.25) is 17.7 Å². The summed E-state index contributed by atoms with van der Waals surface area (Å²) in [6.07, 6.45) is 4.88. The first-order valence-corrected chi connectivity index (χ1v) is 14.5. The number of nitrogens with one attached hydrogen (secondary N) is 1. The molecule has 1 N–H and O–H groups in total. The minimum absolute atomic E-state index is 0.0632. The topological polar surface area (TPSA) is 73.0 Å². The van der Waals surface area contributed by atoms with Crippen LogP contribution in [0.4, 0.5) is 5.69 Å². The van der Waals surface area contributed by atoms with Gasteiger partial charge in [-0.3, -0.25) is 19.3 Å². The minimum atomic E-state index is -0.526. The van der Waals surface area contributed by atoms with Gasteiger partial charge in [-0.2, -0.15) is 0 Å². The highest BCUT2D eigenvalue weighted by atomic mass is 16.2. The van der Waals surface area contributed by atoms with Gasteiger partial charge in [-0.1, -0.05) is 48.5 Å². The summed E-state index contributed by atoms with van der Waals surface area (Å²) in [6.45, 7) is 6.76. The van der Waals surface area contributed by atoms with E-state index >= 15 is 0 Å². The van der Waals surface area contributed by atoms with Crippen molar-refractivity contribution in [3.63, 3.8) is 0 Å². The Kier molecular flexibility index (Phi) is 8.08. The molecule has 0 saturated carbocycles. The lowest BCUT2D eigenvalue weighted by Crippen LogP contribution is -2.56. The number of hydrogen-bond donors (Lipinski definition) is 1. The van der Waals surface area contributed by atoms with Crippen molar-refractivity contribution >= 4 is 23.4 Å². The second-order valence-corrected chi connectivity index (χ2v) is 11.9. The van der Waals surface area contributed by atoms with Gasteiger partial charge < -0.3 is 15.1 Å². The Bertz CT molecular complexity index is 1190. The molecule has 0 spiro atoms. The van der Waals surface area contributed by atoms with Crippen LogP contribution in [0.5, 0.6) is 0 Å². The van der Waals surface area contributed by atoms with Crippen molar-refractivity contribution < 1.29 is 14.4 Å². The molecule has 3 amide bonds. The van der Waals surface area contributed by atoms with Gasteiger partial charge in [0, 0.05) is 38.4 Å². The van der Waals surface area contributed by atoms with Crippen molar-refractivity contribution in [1.82, 2.24) is 15.1 Å². The first kappa shape index (κ1) is 27.4. The Morgan fingerprint density at radius 2 is 1.67 bits per heavy atom. The van der Waals surface area contributed by atoms with E-state index in [-0.39, 0.29) is 35.7 Å². The van der Waals surface area contributed by atoms with Crippen LogP contribution in [0.3, 0.4) is 0 Å². The Morgan fingerprint density at radius 1 is 0.974 bits per heavy atom. The predicted molar refractivity (Wildman–Crippen MR) is 153 cm³/mol. The number of benzene rings is 2. The Labute approximate surface area is 232 Å². The molecular weight excluding hydrogens is 488 g/mol. The average Bonchev–Trinajstić information content (AvgIpc) is 3.18. The first-order valence-electron chi connectivity index (χ1n) is 14.5.